The molecule has 0 unspecified atom stereocenters. The molecule has 32 heavy (non-hydrogen) atoms. The van der Waals surface area contributed by atoms with E-state index < -0.39 is 48.3 Å². The molecule has 0 bridgehead atoms. The number of carbonyl (C=O) groups is 1. The number of hydrogen-bond donors (Lipinski definition) is 1. The number of aryl methyl sites for hydroxylation is 1. The van der Waals surface area contributed by atoms with E-state index in [1.165, 1.54) is 30.3 Å². The summed E-state index contributed by atoms with van der Waals surface area (Å²) in [5, 5.41) is 4.90. The number of rotatable bonds is 8. The highest BCUT2D eigenvalue weighted by molar-refractivity contribution is 6.32. The average molecular weight is 482 g/mol. The van der Waals surface area contributed by atoms with Crippen LogP contribution in [0.15, 0.2) is 34.7 Å². The fourth-order valence-corrected chi connectivity index (χ4v) is 3.10. The van der Waals surface area contributed by atoms with Crippen LogP contribution in [0.1, 0.15) is 46.1 Å². The summed E-state index contributed by atoms with van der Waals surface area (Å²) in [5.74, 6) is -1.49. The number of alkyl halides is 6. The van der Waals surface area contributed by atoms with Crippen LogP contribution in [0, 0.1) is 6.92 Å². The molecule has 0 spiro atoms. The summed E-state index contributed by atoms with van der Waals surface area (Å²) in [7, 11) is 0. The summed E-state index contributed by atoms with van der Waals surface area (Å²) in [4.78, 5) is 12.4. The van der Waals surface area contributed by atoms with Gasteiger partial charge in [-0.2, -0.15) is 13.9 Å². The molecule has 1 N–H and O–H groups in total. The summed E-state index contributed by atoms with van der Waals surface area (Å²) in [6.45, 7) is -1.97. The summed E-state index contributed by atoms with van der Waals surface area (Å²) >= 11 is 5.59. The number of ether oxygens (including phenoxy) is 1. The number of nitrogens with one attached hydrogen (secondary N) is 1. The van der Waals surface area contributed by atoms with E-state index in [-0.39, 0.29) is 23.0 Å². The van der Waals surface area contributed by atoms with E-state index in [9.17, 15) is 31.1 Å². The van der Waals surface area contributed by atoms with Crippen molar-refractivity contribution in [2.24, 2.45) is 0 Å². The number of benzene rings is 1. The van der Waals surface area contributed by atoms with Crippen molar-refractivity contribution in [3.05, 3.63) is 63.8 Å². The Morgan fingerprint density at radius 1 is 1.16 bits per heavy atom. The molecule has 3 aromatic rings. The second-order valence-electron chi connectivity index (χ2n) is 6.44. The molecule has 172 valence electrons. The fraction of sp³-hybridized carbons (Fsp3) is 0.263. The van der Waals surface area contributed by atoms with Gasteiger partial charge in [-0.15, -0.1) is 0 Å². The molecule has 0 saturated carbocycles. The third-order valence-corrected chi connectivity index (χ3v) is 4.55. The maximum absolute atomic E-state index is 13.3. The largest absolute Gasteiger partial charge is 0.454 e. The Kier molecular flexibility index (Phi) is 7.02. The standard InChI is InChI=1S/C19H14ClF6N3O3/c1-8-2-4-11(32-19(25)26)10(6-8)27-18(30)12-5-3-9(31-12)7-29-15(17(23)24)13(20)14(28-29)16(21)22/h2-6,16-17,19H,7H2,1H3,(H,27,30). The number of furan rings is 1. The van der Waals surface area contributed by atoms with Crippen molar-refractivity contribution < 1.29 is 40.3 Å². The first-order chi connectivity index (χ1) is 15.1. The average Bonchev–Trinajstić information content (AvgIpc) is 3.28. The van der Waals surface area contributed by atoms with Crippen LogP contribution in [0.2, 0.25) is 5.02 Å². The molecule has 0 atom stereocenters. The van der Waals surface area contributed by atoms with Gasteiger partial charge in [0.25, 0.3) is 18.8 Å². The lowest BCUT2D eigenvalue weighted by atomic mass is 10.2. The van der Waals surface area contributed by atoms with Crippen LogP contribution in [-0.4, -0.2) is 22.3 Å². The van der Waals surface area contributed by atoms with Gasteiger partial charge in [0.15, 0.2) is 5.76 Å². The zero-order valence-corrected chi connectivity index (χ0v) is 16.8. The van der Waals surface area contributed by atoms with E-state index in [0.717, 1.165) is 0 Å². The van der Waals surface area contributed by atoms with Crippen molar-refractivity contribution in [2.75, 3.05) is 5.32 Å². The number of aromatic nitrogens is 2. The van der Waals surface area contributed by atoms with E-state index in [4.69, 9.17) is 16.0 Å². The molecule has 1 aromatic carbocycles. The predicted molar refractivity (Wildman–Crippen MR) is 101 cm³/mol. The first kappa shape index (κ1) is 23.5. The molecule has 3 rings (SSSR count). The second kappa shape index (κ2) is 9.55. The molecule has 2 heterocycles. The van der Waals surface area contributed by atoms with Crippen LogP contribution in [0.25, 0.3) is 0 Å². The van der Waals surface area contributed by atoms with Gasteiger partial charge in [-0.05, 0) is 36.8 Å². The van der Waals surface area contributed by atoms with Gasteiger partial charge in [0.2, 0.25) is 0 Å². The van der Waals surface area contributed by atoms with Crippen LogP contribution in [-0.2, 0) is 6.54 Å². The first-order valence-electron chi connectivity index (χ1n) is 8.84. The summed E-state index contributed by atoms with van der Waals surface area (Å²) in [6, 6.07) is 6.58. The lowest BCUT2D eigenvalue weighted by Gasteiger charge is -2.12. The third kappa shape index (κ3) is 5.18. The van der Waals surface area contributed by atoms with E-state index in [2.05, 4.69) is 15.2 Å². The van der Waals surface area contributed by atoms with Crippen molar-refractivity contribution in [3.63, 3.8) is 0 Å². The van der Waals surface area contributed by atoms with E-state index >= 15 is 0 Å². The van der Waals surface area contributed by atoms with Crippen molar-refractivity contribution in [3.8, 4) is 5.75 Å². The Balaban J connectivity index is 1.81. The Morgan fingerprint density at radius 3 is 2.50 bits per heavy atom. The Hall–Kier alpha value is -3.15. The van der Waals surface area contributed by atoms with Gasteiger partial charge in [0.1, 0.15) is 22.9 Å². The number of anilines is 1. The second-order valence-corrected chi connectivity index (χ2v) is 6.82. The van der Waals surface area contributed by atoms with Crippen LogP contribution in [0.3, 0.4) is 0 Å². The van der Waals surface area contributed by atoms with E-state index in [1.54, 1.807) is 6.92 Å². The third-order valence-electron chi connectivity index (χ3n) is 4.16. The Labute approximate surface area is 181 Å². The zero-order valence-electron chi connectivity index (χ0n) is 16.1. The predicted octanol–water partition coefficient (Wildman–Crippen LogP) is 6.22. The number of halogens is 7. The van der Waals surface area contributed by atoms with Crippen LogP contribution in [0.5, 0.6) is 5.75 Å². The molecule has 0 aliphatic carbocycles. The van der Waals surface area contributed by atoms with Gasteiger partial charge in [-0.3, -0.25) is 9.48 Å². The lowest BCUT2D eigenvalue weighted by Crippen LogP contribution is -2.13. The van der Waals surface area contributed by atoms with Crippen molar-refractivity contribution >= 4 is 23.2 Å². The van der Waals surface area contributed by atoms with Crippen molar-refractivity contribution in [1.82, 2.24) is 9.78 Å². The number of amides is 1. The number of carbonyl (C=O) groups excluding carboxylic acids is 1. The highest BCUT2D eigenvalue weighted by Gasteiger charge is 2.28. The summed E-state index contributed by atoms with van der Waals surface area (Å²) in [5.41, 5.74) is -1.32. The smallest absolute Gasteiger partial charge is 0.387 e. The molecule has 1 amide bonds. The summed E-state index contributed by atoms with van der Waals surface area (Å²) in [6.07, 6.45) is -6.35. The van der Waals surface area contributed by atoms with Crippen LogP contribution >= 0.6 is 11.6 Å². The molecule has 13 heteroatoms. The Morgan fingerprint density at radius 2 is 1.88 bits per heavy atom. The maximum atomic E-state index is 13.3. The minimum absolute atomic E-state index is 0.0475. The first-order valence-corrected chi connectivity index (χ1v) is 9.22. The zero-order chi connectivity index (χ0) is 23.6. The molecule has 0 aliphatic rings. The van der Waals surface area contributed by atoms with Crippen LogP contribution < -0.4 is 10.1 Å². The molecule has 0 saturated heterocycles. The van der Waals surface area contributed by atoms with Gasteiger partial charge in [0.05, 0.1) is 17.3 Å². The van der Waals surface area contributed by atoms with Gasteiger partial charge < -0.3 is 14.5 Å². The number of nitrogens with zero attached hydrogens (tertiary/aromatic N) is 2. The van der Waals surface area contributed by atoms with E-state index in [0.29, 0.717) is 10.2 Å². The Bertz CT molecular complexity index is 1120. The van der Waals surface area contributed by atoms with Gasteiger partial charge in [-0.25, -0.2) is 17.6 Å². The SMILES string of the molecule is Cc1ccc(OC(F)F)c(NC(=O)c2ccc(Cn3nc(C(F)F)c(Cl)c3C(F)F)o2)c1. The summed E-state index contributed by atoms with van der Waals surface area (Å²) < 4.78 is 87.7. The normalized spacial score (nSPS) is 11.6. The fourth-order valence-electron chi connectivity index (χ4n) is 2.80. The van der Waals surface area contributed by atoms with Gasteiger partial charge in [-0.1, -0.05) is 17.7 Å². The molecular formula is C19H14ClF6N3O3. The molecule has 0 aliphatic heterocycles. The van der Waals surface area contributed by atoms with Gasteiger partial charge >= 0.3 is 6.61 Å². The van der Waals surface area contributed by atoms with Gasteiger partial charge in [0, 0.05) is 0 Å². The van der Waals surface area contributed by atoms with E-state index in [1.807, 2.05) is 0 Å². The minimum Gasteiger partial charge on any atom is -0.454 e. The molecule has 2 aromatic heterocycles. The maximum Gasteiger partial charge on any atom is 0.387 e. The van der Waals surface area contributed by atoms with Crippen molar-refractivity contribution in [1.29, 1.82) is 0 Å². The highest BCUT2D eigenvalue weighted by atomic mass is 35.5. The lowest BCUT2D eigenvalue weighted by molar-refractivity contribution is -0.0493. The minimum atomic E-state index is -3.19. The highest BCUT2D eigenvalue weighted by Crippen LogP contribution is 2.35. The quantitative estimate of drug-likeness (QED) is 0.388. The molecule has 0 radical (unpaired) electrons. The molecular weight excluding hydrogens is 468 g/mol. The molecule has 0 fully saturated rings. The van der Waals surface area contributed by atoms with Crippen molar-refractivity contribution in [2.45, 2.75) is 32.9 Å². The number of hydrogen-bond acceptors (Lipinski definition) is 4. The topological polar surface area (TPSA) is 69.3 Å². The molecule has 6 nitrogen and oxygen atoms in total. The van der Waals surface area contributed by atoms with Crippen LogP contribution in [0.4, 0.5) is 32.0 Å². The monoisotopic (exact) mass is 481 g/mol.